The van der Waals surface area contributed by atoms with Crippen molar-refractivity contribution in [3.63, 3.8) is 0 Å². The average Bonchev–Trinajstić information content (AvgIpc) is 2.93. The van der Waals surface area contributed by atoms with Crippen LogP contribution in [0.2, 0.25) is 0 Å². The number of rotatable bonds is 11. The summed E-state index contributed by atoms with van der Waals surface area (Å²) in [6, 6.07) is 17.0. The van der Waals surface area contributed by atoms with Gasteiger partial charge in [-0.1, -0.05) is 30.3 Å². The molecule has 3 rings (SSSR count). The number of amides is 2. The fraction of sp³-hybridized carbons (Fsp3) is 0.333. The highest BCUT2D eigenvalue weighted by molar-refractivity contribution is 7.92. The summed E-state index contributed by atoms with van der Waals surface area (Å²) in [6.07, 6.45) is 0. The first-order chi connectivity index (χ1) is 19.3. The molecule has 1 unspecified atom stereocenters. The average molecular weight is 586 g/mol. The van der Waals surface area contributed by atoms with Gasteiger partial charge in [0.2, 0.25) is 11.8 Å². The van der Waals surface area contributed by atoms with E-state index in [-0.39, 0.29) is 22.9 Å². The van der Waals surface area contributed by atoms with Gasteiger partial charge in [0.15, 0.2) is 11.5 Å². The third kappa shape index (κ3) is 7.97. The Labute approximate surface area is 240 Å². The Kier molecular flexibility index (Phi) is 9.98. The minimum Gasteiger partial charge on any atom is -0.493 e. The van der Waals surface area contributed by atoms with Crippen LogP contribution in [-0.2, 0) is 26.2 Å². The number of nitrogens with one attached hydrogen (secondary N) is 1. The maximum absolute atomic E-state index is 14.0. The molecule has 0 bridgehead atoms. The summed E-state index contributed by atoms with van der Waals surface area (Å²) < 4.78 is 53.1. The van der Waals surface area contributed by atoms with E-state index >= 15 is 0 Å². The second-order valence-corrected chi connectivity index (χ2v) is 12.3. The number of nitrogens with zero attached hydrogens (tertiary/aromatic N) is 2. The Bertz CT molecular complexity index is 1460. The van der Waals surface area contributed by atoms with Crippen molar-refractivity contribution in [2.75, 3.05) is 25.1 Å². The first-order valence-corrected chi connectivity index (χ1v) is 14.4. The maximum Gasteiger partial charge on any atom is 0.264 e. The van der Waals surface area contributed by atoms with Gasteiger partial charge in [0.1, 0.15) is 18.4 Å². The second kappa shape index (κ2) is 13.0. The van der Waals surface area contributed by atoms with Gasteiger partial charge < -0.3 is 19.7 Å². The van der Waals surface area contributed by atoms with Crippen LogP contribution < -0.4 is 19.1 Å². The molecular weight excluding hydrogens is 549 g/mol. The Morgan fingerprint density at radius 1 is 0.927 bits per heavy atom. The van der Waals surface area contributed by atoms with Crippen molar-refractivity contribution in [2.24, 2.45) is 0 Å². The van der Waals surface area contributed by atoms with Gasteiger partial charge in [-0.15, -0.1) is 0 Å². The number of sulfonamides is 1. The smallest absolute Gasteiger partial charge is 0.264 e. The molecule has 3 aromatic carbocycles. The summed E-state index contributed by atoms with van der Waals surface area (Å²) in [5.74, 6) is -1.08. The molecule has 11 heteroatoms. The zero-order chi connectivity index (χ0) is 30.4. The van der Waals surface area contributed by atoms with Crippen molar-refractivity contribution < 1.29 is 31.9 Å². The van der Waals surface area contributed by atoms with Crippen LogP contribution in [0, 0.1) is 5.82 Å². The van der Waals surface area contributed by atoms with Crippen molar-refractivity contribution in [3.05, 3.63) is 84.2 Å². The summed E-state index contributed by atoms with van der Waals surface area (Å²) in [6.45, 7) is 6.48. The molecule has 0 aliphatic heterocycles. The van der Waals surface area contributed by atoms with Crippen LogP contribution in [0.3, 0.4) is 0 Å². The molecule has 1 atom stereocenters. The molecule has 0 aliphatic carbocycles. The van der Waals surface area contributed by atoms with Crippen molar-refractivity contribution in [2.45, 2.75) is 50.7 Å². The van der Waals surface area contributed by atoms with Crippen molar-refractivity contribution in [3.8, 4) is 11.5 Å². The summed E-state index contributed by atoms with van der Waals surface area (Å²) in [4.78, 5) is 28.2. The lowest BCUT2D eigenvalue weighted by Gasteiger charge is -2.33. The van der Waals surface area contributed by atoms with E-state index in [1.54, 1.807) is 6.92 Å². The van der Waals surface area contributed by atoms with E-state index in [1.807, 2.05) is 51.1 Å². The normalized spacial score (nSPS) is 12.3. The predicted molar refractivity (Wildman–Crippen MR) is 155 cm³/mol. The van der Waals surface area contributed by atoms with Crippen molar-refractivity contribution in [1.29, 1.82) is 0 Å². The van der Waals surface area contributed by atoms with E-state index in [1.165, 1.54) is 49.5 Å². The molecule has 2 amide bonds. The first kappa shape index (κ1) is 31.4. The van der Waals surface area contributed by atoms with E-state index in [4.69, 9.17) is 9.47 Å². The molecule has 0 saturated heterocycles. The number of ether oxygens (including phenoxy) is 2. The quantitative estimate of drug-likeness (QED) is 0.358. The van der Waals surface area contributed by atoms with Crippen LogP contribution in [0.25, 0.3) is 0 Å². The molecular formula is C30H36FN3O6S. The number of methoxy groups -OCH3 is 2. The zero-order valence-corrected chi connectivity index (χ0v) is 24.9. The van der Waals surface area contributed by atoms with Crippen LogP contribution in [0.4, 0.5) is 10.1 Å². The first-order valence-electron chi connectivity index (χ1n) is 12.9. The highest BCUT2D eigenvalue weighted by Gasteiger charge is 2.33. The summed E-state index contributed by atoms with van der Waals surface area (Å²) in [5.41, 5.74) is 0.275. The van der Waals surface area contributed by atoms with Crippen LogP contribution in [0.1, 0.15) is 33.3 Å². The van der Waals surface area contributed by atoms with Crippen LogP contribution in [-0.4, -0.2) is 57.5 Å². The van der Waals surface area contributed by atoms with Crippen LogP contribution in [0.15, 0.2) is 77.7 Å². The molecule has 0 aromatic heterocycles. The van der Waals surface area contributed by atoms with E-state index in [0.717, 1.165) is 22.0 Å². The molecule has 0 spiro atoms. The van der Waals surface area contributed by atoms with Gasteiger partial charge in [-0.25, -0.2) is 12.8 Å². The van der Waals surface area contributed by atoms with E-state index in [9.17, 15) is 22.4 Å². The molecule has 0 radical (unpaired) electrons. The number of hydrogen-bond acceptors (Lipinski definition) is 6. The van der Waals surface area contributed by atoms with Gasteiger partial charge >= 0.3 is 0 Å². The topological polar surface area (TPSA) is 105 Å². The van der Waals surface area contributed by atoms with E-state index in [0.29, 0.717) is 5.75 Å². The minimum absolute atomic E-state index is 0.0616. The zero-order valence-electron chi connectivity index (χ0n) is 24.0. The van der Waals surface area contributed by atoms with Crippen LogP contribution in [0.5, 0.6) is 11.5 Å². The lowest BCUT2D eigenvalue weighted by atomic mass is 10.1. The fourth-order valence-corrected chi connectivity index (χ4v) is 5.51. The Morgan fingerprint density at radius 2 is 1.54 bits per heavy atom. The molecule has 3 aromatic rings. The summed E-state index contributed by atoms with van der Waals surface area (Å²) in [7, 11) is -1.57. The largest absolute Gasteiger partial charge is 0.493 e. The highest BCUT2D eigenvalue weighted by atomic mass is 32.2. The number of halogens is 1. The predicted octanol–water partition coefficient (Wildman–Crippen LogP) is 4.37. The minimum atomic E-state index is -4.37. The van der Waals surface area contributed by atoms with Crippen molar-refractivity contribution >= 4 is 27.5 Å². The lowest BCUT2D eigenvalue weighted by Crippen LogP contribution is -2.54. The van der Waals surface area contributed by atoms with Gasteiger partial charge in [-0.2, -0.15) is 0 Å². The standard InChI is InChI=1S/C30H36FN3O6S/c1-21(29(36)32-30(2,3)4)33(19-22-10-8-7-9-11-22)28(35)20-34(24-14-12-23(31)13-15-24)41(37,38)25-16-17-26(39-5)27(18-25)40-6/h7-18,21H,19-20H2,1-6H3,(H,32,36). The maximum atomic E-state index is 14.0. The number of carbonyl (C=O) groups excluding carboxylic acids is 2. The summed E-state index contributed by atoms with van der Waals surface area (Å²) >= 11 is 0. The lowest BCUT2D eigenvalue weighted by molar-refractivity contribution is -0.140. The second-order valence-electron chi connectivity index (χ2n) is 10.4. The Hall–Kier alpha value is -4.12. The van der Waals surface area contributed by atoms with Gasteiger partial charge in [-0.05, 0) is 69.7 Å². The molecule has 0 fully saturated rings. The van der Waals surface area contributed by atoms with Gasteiger partial charge in [0.05, 0.1) is 24.8 Å². The summed E-state index contributed by atoms with van der Waals surface area (Å²) in [5, 5.41) is 2.88. The fourth-order valence-electron chi connectivity index (χ4n) is 4.08. The number of carbonyl (C=O) groups is 2. The molecule has 0 heterocycles. The molecule has 0 aliphatic rings. The third-order valence-electron chi connectivity index (χ3n) is 6.20. The van der Waals surface area contributed by atoms with E-state index in [2.05, 4.69) is 5.32 Å². The Balaban J connectivity index is 2.06. The van der Waals surface area contributed by atoms with Gasteiger partial charge in [0.25, 0.3) is 10.0 Å². The number of anilines is 1. The third-order valence-corrected chi connectivity index (χ3v) is 7.97. The molecule has 1 N–H and O–H groups in total. The monoisotopic (exact) mass is 585 g/mol. The molecule has 41 heavy (non-hydrogen) atoms. The SMILES string of the molecule is COc1ccc(S(=O)(=O)N(CC(=O)N(Cc2ccccc2)C(C)C(=O)NC(C)(C)C)c2ccc(F)cc2)cc1OC. The van der Waals surface area contributed by atoms with Gasteiger partial charge in [-0.3, -0.25) is 13.9 Å². The molecule has 0 saturated carbocycles. The molecule has 9 nitrogen and oxygen atoms in total. The van der Waals surface area contributed by atoms with E-state index < -0.39 is 45.8 Å². The van der Waals surface area contributed by atoms with Crippen LogP contribution >= 0.6 is 0 Å². The molecule has 220 valence electrons. The number of benzene rings is 3. The van der Waals surface area contributed by atoms with Gasteiger partial charge in [0, 0.05) is 18.2 Å². The highest BCUT2D eigenvalue weighted by Crippen LogP contribution is 2.32. The van der Waals surface area contributed by atoms with Crippen molar-refractivity contribution in [1.82, 2.24) is 10.2 Å². The number of hydrogen-bond donors (Lipinski definition) is 1. The Morgan fingerprint density at radius 3 is 2.10 bits per heavy atom.